The molecule has 20 heavy (non-hydrogen) atoms. The van der Waals surface area contributed by atoms with Gasteiger partial charge >= 0.3 is 0 Å². The Morgan fingerprint density at radius 3 is 2.75 bits per heavy atom. The van der Waals surface area contributed by atoms with E-state index in [0.29, 0.717) is 6.61 Å². The maximum absolute atomic E-state index is 5.72. The minimum atomic E-state index is 0.677. The van der Waals surface area contributed by atoms with Gasteiger partial charge in [-0.15, -0.1) is 0 Å². The molecule has 0 unspecified atom stereocenters. The Labute approximate surface area is 131 Å². The van der Waals surface area contributed by atoms with Crippen LogP contribution < -0.4 is 5.32 Å². The second kappa shape index (κ2) is 10.3. The predicted octanol–water partition coefficient (Wildman–Crippen LogP) is 3.42. The highest BCUT2D eigenvalue weighted by Gasteiger charge is 2.02. The van der Waals surface area contributed by atoms with Gasteiger partial charge in [0.1, 0.15) is 0 Å². The van der Waals surface area contributed by atoms with Crippen LogP contribution in [-0.2, 0) is 17.9 Å². The molecule has 4 heteroatoms. The van der Waals surface area contributed by atoms with E-state index in [4.69, 9.17) is 4.74 Å². The lowest BCUT2D eigenvalue weighted by Gasteiger charge is -2.11. The van der Waals surface area contributed by atoms with Crippen LogP contribution in [0.3, 0.4) is 0 Å². The van der Waals surface area contributed by atoms with Crippen LogP contribution in [0.15, 0.2) is 22.7 Å². The quantitative estimate of drug-likeness (QED) is 0.659. The van der Waals surface area contributed by atoms with Gasteiger partial charge in [0.2, 0.25) is 0 Å². The topological polar surface area (TPSA) is 24.5 Å². The number of nitrogens with zero attached hydrogens (tertiary/aromatic N) is 1. The lowest BCUT2D eigenvalue weighted by molar-refractivity contribution is 0.112. The van der Waals surface area contributed by atoms with E-state index in [1.807, 2.05) is 0 Å². The maximum atomic E-state index is 5.72. The molecule has 3 nitrogen and oxygen atoms in total. The fraction of sp³-hybridized carbons (Fsp3) is 0.625. The van der Waals surface area contributed by atoms with Crippen molar-refractivity contribution in [2.45, 2.75) is 32.9 Å². The van der Waals surface area contributed by atoms with Crippen LogP contribution >= 0.6 is 15.9 Å². The molecule has 114 valence electrons. The van der Waals surface area contributed by atoms with Crippen LogP contribution in [0.4, 0.5) is 0 Å². The van der Waals surface area contributed by atoms with Crippen molar-refractivity contribution in [1.29, 1.82) is 0 Å². The highest BCUT2D eigenvalue weighted by molar-refractivity contribution is 9.10. The van der Waals surface area contributed by atoms with Crippen LogP contribution in [0, 0.1) is 0 Å². The van der Waals surface area contributed by atoms with Crippen molar-refractivity contribution in [2.24, 2.45) is 0 Å². The lowest BCUT2D eigenvalue weighted by Crippen LogP contribution is -2.15. The SMILES string of the molecule is CCCNCc1ccc(COCCCN(C)C)c(Br)c1. The third kappa shape index (κ3) is 7.39. The first-order valence-corrected chi connectivity index (χ1v) is 8.13. The monoisotopic (exact) mass is 342 g/mol. The molecule has 1 rings (SSSR count). The first-order valence-electron chi connectivity index (χ1n) is 7.34. The van der Waals surface area contributed by atoms with Crippen molar-refractivity contribution in [3.63, 3.8) is 0 Å². The van der Waals surface area contributed by atoms with Gasteiger partial charge in [0.15, 0.2) is 0 Å². The van der Waals surface area contributed by atoms with Crippen molar-refractivity contribution < 1.29 is 4.74 Å². The summed E-state index contributed by atoms with van der Waals surface area (Å²) in [7, 11) is 4.17. The first-order chi connectivity index (χ1) is 9.63. The third-order valence-electron chi connectivity index (χ3n) is 3.02. The standard InChI is InChI=1S/C16H27BrN2O/c1-4-8-18-12-14-6-7-15(16(17)11-14)13-20-10-5-9-19(2)3/h6-7,11,18H,4-5,8-10,12-13H2,1-3H3. The summed E-state index contributed by atoms with van der Waals surface area (Å²) in [6, 6.07) is 6.51. The zero-order valence-electron chi connectivity index (χ0n) is 12.9. The van der Waals surface area contributed by atoms with E-state index in [0.717, 1.165) is 37.1 Å². The molecule has 0 bridgehead atoms. The summed E-state index contributed by atoms with van der Waals surface area (Å²) >= 11 is 3.63. The second-order valence-electron chi connectivity index (χ2n) is 5.31. The van der Waals surface area contributed by atoms with Gasteiger partial charge in [-0.05, 0) is 57.2 Å². The van der Waals surface area contributed by atoms with Gasteiger partial charge in [-0.1, -0.05) is 35.0 Å². The smallest absolute Gasteiger partial charge is 0.0727 e. The van der Waals surface area contributed by atoms with Crippen LogP contribution in [0.5, 0.6) is 0 Å². The molecule has 0 aliphatic rings. The Kier molecular flexibility index (Phi) is 9.10. The van der Waals surface area contributed by atoms with Crippen molar-refractivity contribution in [2.75, 3.05) is 33.8 Å². The number of nitrogens with one attached hydrogen (secondary N) is 1. The van der Waals surface area contributed by atoms with Gasteiger partial charge in [-0.25, -0.2) is 0 Å². The molecular formula is C16H27BrN2O. The number of hydrogen-bond acceptors (Lipinski definition) is 3. The van der Waals surface area contributed by atoms with E-state index in [2.05, 4.69) is 65.4 Å². The summed E-state index contributed by atoms with van der Waals surface area (Å²) in [6.07, 6.45) is 2.24. The summed E-state index contributed by atoms with van der Waals surface area (Å²) in [6.45, 7) is 6.73. The molecule has 0 saturated heterocycles. The van der Waals surface area contributed by atoms with Crippen LogP contribution in [0.1, 0.15) is 30.9 Å². The van der Waals surface area contributed by atoms with Crippen LogP contribution in [-0.4, -0.2) is 38.7 Å². The fourth-order valence-corrected chi connectivity index (χ4v) is 2.43. The van der Waals surface area contributed by atoms with Gasteiger partial charge < -0.3 is 15.0 Å². The number of benzene rings is 1. The van der Waals surface area contributed by atoms with E-state index < -0.39 is 0 Å². The van der Waals surface area contributed by atoms with E-state index in [1.165, 1.54) is 17.5 Å². The highest BCUT2D eigenvalue weighted by atomic mass is 79.9. The lowest BCUT2D eigenvalue weighted by atomic mass is 10.1. The highest BCUT2D eigenvalue weighted by Crippen LogP contribution is 2.19. The normalized spacial score (nSPS) is 11.2. The third-order valence-corrected chi connectivity index (χ3v) is 3.76. The summed E-state index contributed by atoms with van der Waals surface area (Å²) in [5, 5.41) is 3.41. The van der Waals surface area contributed by atoms with Crippen molar-refractivity contribution in [1.82, 2.24) is 10.2 Å². The Balaban J connectivity index is 2.32. The molecule has 0 atom stereocenters. The molecule has 0 amide bonds. The first kappa shape index (κ1) is 17.6. The minimum Gasteiger partial charge on any atom is -0.377 e. The average Bonchev–Trinajstić information content (AvgIpc) is 2.40. The van der Waals surface area contributed by atoms with Gasteiger partial charge in [-0.2, -0.15) is 0 Å². The molecule has 0 aliphatic carbocycles. The number of rotatable bonds is 10. The summed E-state index contributed by atoms with van der Waals surface area (Å²) in [4.78, 5) is 2.18. The second-order valence-corrected chi connectivity index (χ2v) is 6.17. The predicted molar refractivity (Wildman–Crippen MR) is 89.0 cm³/mol. The molecule has 0 spiro atoms. The number of halogens is 1. The average molecular weight is 343 g/mol. The molecule has 0 aromatic heterocycles. The largest absolute Gasteiger partial charge is 0.377 e. The van der Waals surface area contributed by atoms with Gasteiger partial charge in [0, 0.05) is 17.6 Å². The summed E-state index contributed by atoms with van der Waals surface area (Å²) < 4.78 is 6.86. The zero-order valence-corrected chi connectivity index (χ0v) is 14.5. The molecule has 1 N–H and O–H groups in total. The molecule has 1 aromatic carbocycles. The van der Waals surface area contributed by atoms with Crippen molar-refractivity contribution in [3.05, 3.63) is 33.8 Å². The van der Waals surface area contributed by atoms with E-state index in [1.54, 1.807) is 0 Å². The minimum absolute atomic E-state index is 0.677. The molecule has 0 heterocycles. The Bertz CT molecular complexity index is 383. The van der Waals surface area contributed by atoms with Crippen LogP contribution in [0.25, 0.3) is 0 Å². The van der Waals surface area contributed by atoms with Crippen LogP contribution in [0.2, 0.25) is 0 Å². The molecule has 0 fully saturated rings. The fourth-order valence-electron chi connectivity index (χ4n) is 1.89. The number of ether oxygens (including phenoxy) is 1. The molecule has 0 aliphatic heterocycles. The molecule has 0 radical (unpaired) electrons. The zero-order chi connectivity index (χ0) is 14.8. The molecule has 0 saturated carbocycles. The van der Waals surface area contributed by atoms with Crippen molar-refractivity contribution in [3.8, 4) is 0 Å². The summed E-state index contributed by atoms with van der Waals surface area (Å²) in [5.41, 5.74) is 2.52. The Morgan fingerprint density at radius 2 is 2.10 bits per heavy atom. The molecular weight excluding hydrogens is 316 g/mol. The van der Waals surface area contributed by atoms with E-state index >= 15 is 0 Å². The molecule has 1 aromatic rings. The van der Waals surface area contributed by atoms with E-state index in [9.17, 15) is 0 Å². The Hall–Kier alpha value is -0.420. The van der Waals surface area contributed by atoms with Gasteiger partial charge in [0.05, 0.1) is 6.61 Å². The van der Waals surface area contributed by atoms with Crippen molar-refractivity contribution >= 4 is 15.9 Å². The maximum Gasteiger partial charge on any atom is 0.0727 e. The van der Waals surface area contributed by atoms with Gasteiger partial charge in [-0.3, -0.25) is 0 Å². The summed E-state index contributed by atoms with van der Waals surface area (Å²) in [5.74, 6) is 0. The van der Waals surface area contributed by atoms with Gasteiger partial charge in [0.25, 0.3) is 0 Å². The van der Waals surface area contributed by atoms with E-state index in [-0.39, 0.29) is 0 Å². The Morgan fingerprint density at radius 1 is 1.30 bits per heavy atom. The number of hydrogen-bond donors (Lipinski definition) is 1.